The first-order valence-corrected chi connectivity index (χ1v) is 9.84. The van der Waals surface area contributed by atoms with Crippen LogP contribution in [0, 0.1) is 5.92 Å². The molecule has 2 heterocycles. The van der Waals surface area contributed by atoms with Gasteiger partial charge in [-0.15, -0.1) is 12.4 Å². The maximum atomic E-state index is 12.8. The van der Waals surface area contributed by atoms with Gasteiger partial charge in [-0.2, -0.15) is 0 Å². The molecule has 0 aromatic heterocycles. The molecule has 3 nitrogen and oxygen atoms in total. The van der Waals surface area contributed by atoms with E-state index in [1.807, 2.05) is 18.2 Å². The molecule has 2 N–H and O–H groups in total. The van der Waals surface area contributed by atoms with Gasteiger partial charge in [-0.05, 0) is 62.1 Å². The van der Waals surface area contributed by atoms with Crippen LogP contribution in [0.2, 0.25) is 5.02 Å². The molecule has 2 saturated heterocycles. The summed E-state index contributed by atoms with van der Waals surface area (Å²) in [4.78, 5) is 12.8. The molecule has 5 heteroatoms. The van der Waals surface area contributed by atoms with Crippen LogP contribution in [0.5, 0.6) is 0 Å². The Kier molecular flexibility index (Phi) is 5.97. The number of carbonyl (C=O) groups excluding carboxylic acids is 1. The van der Waals surface area contributed by atoms with Gasteiger partial charge in [0.15, 0.2) is 0 Å². The lowest BCUT2D eigenvalue weighted by Crippen LogP contribution is -2.45. The van der Waals surface area contributed by atoms with Crippen LogP contribution in [0.25, 0.3) is 0 Å². The number of fused-ring (bicyclic) bond motifs is 2. The van der Waals surface area contributed by atoms with Crippen LogP contribution < -0.4 is 10.6 Å². The summed E-state index contributed by atoms with van der Waals surface area (Å²) in [5.41, 5.74) is 0.972. The van der Waals surface area contributed by atoms with Gasteiger partial charge in [-0.3, -0.25) is 4.79 Å². The van der Waals surface area contributed by atoms with Crippen LogP contribution >= 0.6 is 24.0 Å². The molecule has 25 heavy (non-hydrogen) atoms. The highest BCUT2D eigenvalue weighted by Crippen LogP contribution is 2.40. The molecule has 138 valence electrons. The molecule has 3 fully saturated rings. The van der Waals surface area contributed by atoms with E-state index in [-0.39, 0.29) is 23.9 Å². The Morgan fingerprint density at radius 1 is 1.20 bits per heavy atom. The van der Waals surface area contributed by atoms with Crippen molar-refractivity contribution in [2.45, 2.75) is 75.4 Å². The van der Waals surface area contributed by atoms with Gasteiger partial charge in [0, 0.05) is 23.5 Å². The molecule has 1 saturated carbocycles. The molecule has 2 bridgehead atoms. The first kappa shape index (κ1) is 19.0. The molecule has 2 aliphatic heterocycles. The van der Waals surface area contributed by atoms with Crippen molar-refractivity contribution in [1.29, 1.82) is 0 Å². The SMILES string of the molecule is Cl.O=C(CC1CC2CCC(C1)N2)NC1(c2cccc(Cl)c2)CCCC1. The van der Waals surface area contributed by atoms with Crippen LogP contribution in [-0.2, 0) is 10.3 Å². The zero-order chi connectivity index (χ0) is 16.6. The molecular weight excluding hydrogens is 355 g/mol. The van der Waals surface area contributed by atoms with Gasteiger partial charge in [0.1, 0.15) is 0 Å². The molecule has 3 aliphatic rings. The van der Waals surface area contributed by atoms with E-state index in [9.17, 15) is 4.79 Å². The van der Waals surface area contributed by atoms with Crippen LogP contribution in [0.3, 0.4) is 0 Å². The summed E-state index contributed by atoms with van der Waals surface area (Å²) in [6.45, 7) is 0. The van der Waals surface area contributed by atoms with Crippen LogP contribution in [-0.4, -0.2) is 18.0 Å². The fourth-order valence-corrected chi connectivity index (χ4v) is 5.36. The lowest BCUT2D eigenvalue weighted by Gasteiger charge is -2.33. The largest absolute Gasteiger partial charge is 0.347 e. The first-order valence-electron chi connectivity index (χ1n) is 9.46. The van der Waals surface area contributed by atoms with E-state index in [4.69, 9.17) is 11.6 Å². The van der Waals surface area contributed by atoms with E-state index in [1.54, 1.807) is 0 Å². The molecule has 2 unspecified atom stereocenters. The summed E-state index contributed by atoms with van der Waals surface area (Å²) < 4.78 is 0. The van der Waals surface area contributed by atoms with E-state index < -0.39 is 0 Å². The van der Waals surface area contributed by atoms with Crippen molar-refractivity contribution < 1.29 is 4.79 Å². The second kappa shape index (κ2) is 7.85. The maximum Gasteiger partial charge on any atom is 0.220 e. The third kappa shape index (κ3) is 4.15. The van der Waals surface area contributed by atoms with Crippen molar-refractivity contribution in [3.63, 3.8) is 0 Å². The summed E-state index contributed by atoms with van der Waals surface area (Å²) in [5, 5.41) is 7.83. The number of amides is 1. The Bertz CT molecular complexity index is 603. The number of nitrogens with one attached hydrogen (secondary N) is 2. The second-order valence-corrected chi connectivity index (χ2v) is 8.46. The van der Waals surface area contributed by atoms with Gasteiger partial charge in [0.2, 0.25) is 5.91 Å². The number of halogens is 2. The molecule has 1 aromatic carbocycles. The highest BCUT2D eigenvalue weighted by atomic mass is 35.5. The number of hydrogen-bond donors (Lipinski definition) is 2. The van der Waals surface area contributed by atoms with Gasteiger partial charge in [0.25, 0.3) is 0 Å². The Morgan fingerprint density at radius 3 is 2.52 bits per heavy atom. The summed E-state index contributed by atoms with van der Waals surface area (Å²) in [6, 6.07) is 9.33. The number of piperidine rings is 1. The molecule has 1 aromatic rings. The monoisotopic (exact) mass is 382 g/mol. The number of rotatable bonds is 4. The van der Waals surface area contributed by atoms with Gasteiger partial charge in [-0.1, -0.05) is 36.6 Å². The zero-order valence-electron chi connectivity index (χ0n) is 14.6. The number of benzene rings is 1. The Hall–Kier alpha value is -0.770. The highest BCUT2D eigenvalue weighted by Gasteiger charge is 2.39. The third-order valence-electron chi connectivity index (χ3n) is 6.26. The smallest absolute Gasteiger partial charge is 0.220 e. The zero-order valence-corrected chi connectivity index (χ0v) is 16.2. The first-order chi connectivity index (χ1) is 11.6. The third-order valence-corrected chi connectivity index (χ3v) is 6.49. The van der Waals surface area contributed by atoms with Gasteiger partial charge in [0.05, 0.1) is 5.54 Å². The lowest BCUT2D eigenvalue weighted by molar-refractivity contribution is -0.124. The van der Waals surface area contributed by atoms with E-state index in [0.717, 1.165) is 30.7 Å². The van der Waals surface area contributed by atoms with Crippen molar-refractivity contribution in [1.82, 2.24) is 10.6 Å². The predicted molar refractivity (Wildman–Crippen MR) is 104 cm³/mol. The topological polar surface area (TPSA) is 41.1 Å². The van der Waals surface area contributed by atoms with E-state index >= 15 is 0 Å². The van der Waals surface area contributed by atoms with Gasteiger partial charge < -0.3 is 10.6 Å². The van der Waals surface area contributed by atoms with Crippen molar-refractivity contribution in [3.05, 3.63) is 34.9 Å². The minimum Gasteiger partial charge on any atom is -0.347 e. The maximum absolute atomic E-state index is 12.8. The summed E-state index contributed by atoms with van der Waals surface area (Å²) in [6.07, 6.45) is 9.96. The molecule has 0 spiro atoms. The average molecular weight is 383 g/mol. The van der Waals surface area contributed by atoms with E-state index in [0.29, 0.717) is 24.4 Å². The Morgan fingerprint density at radius 2 is 1.88 bits per heavy atom. The standard InChI is InChI=1S/C20H27ClN2O.ClH/c21-16-5-3-4-15(13-16)20(8-1-2-9-20)23-19(24)12-14-10-17-6-7-18(11-14)22-17;/h3-5,13-14,17-18,22H,1-2,6-12H2,(H,23,24);1H. The Balaban J connectivity index is 0.00000182. The molecule has 2 atom stereocenters. The van der Waals surface area contributed by atoms with Crippen LogP contribution in [0.1, 0.15) is 63.4 Å². The molecule has 0 radical (unpaired) electrons. The molecule has 4 rings (SSSR count). The summed E-state index contributed by atoms with van der Waals surface area (Å²) in [7, 11) is 0. The Labute approximate surface area is 161 Å². The van der Waals surface area contributed by atoms with E-state index in [1.165, 1.54) is 31.2 Å². The van der Waals surface area contributed by atoms with Crippen molar-refractivity contribution in [2.24, 2.45) is 5.92 Å². The minimum atomic E-state index is -0.201. The lowest BCUT2D eigenvalue weighted by atomic mass is 9.86. The summed E-state index contributed by atoms with van der Waals surface area (Å²) in [5.74, 6) is 0.768. The minimum absolute atomic E-state index is 0. The molecular formula is C20H28Cl2N2O. The summed E-state index contributed by atoms with van der Waals surface area (Å²) >= 11 is 6.20. The highest BCUT2D eigenvalue weighted by molar-refractivity contribution is 6.30. The number of hydrogen-bond acceptors (Lipinski definition) is 2. The average Bonchev–Trinajstić information content (AvgIpc) is 3.15. The van der Waals surface area contributed by atoms with Crippen molar-refractivity contribution >= 4 is 29.9 Å². The quantitative estimate of drug-likeness (QED) is 0.800. The normalized spacial score (nSPS) is 29.9. The van der Waals surface area contributed by atoms with Gasteiger partial charge in [-0.25, -0.2) is 0 Å². The molecule has 1 amide bonds. The predicted octanol–water partition coefficient (Wildman–Crippen LogP) is 4.57. The van der Waals surface area contributed by atoms with Crippen LogP contribution in [0.4, 0.5) is 0 Å². The van der Waals surface area contributed by atoms with Crippen LogP contribution in [0.15, 0.2) is 24.3 Å². The number of carbonyl (C=O) groups is 1. The second-order valence-electron chi connectivity index (χ2n) is 8.03. The molecule has 1 aliphatic carbocycles. The fourth-order valence-electron chi connectivity index (χ4n) is 5.17. The fraction of sp³-hybridized carbons (Fsp3) is 0.650. The van der Waals surface area contributed by atoms with Gasteiger partial charge >= 0.3 is 0 Å². The van der Waals surface area contributed by atoms with Crippen molar-refractivity contribution in [2.75, 3.05) is 0 Å². The van der Waals surface area contributed by atoms with E-state index in [2.05, 4.69) is 16.7 Å². The van der Waals surface area contributed by atoms with Crippen molar-refractivity contribution in [3.8, 4) is 0 Å².